The third-order valence-electron chi connectivity index (χ3n) is 5.61. The Morgan fingerprint density at radius 2 is 1.87 bits per heavy atom. The summed E-state index contributed by atoms with van der Waals surface area (Å²) in [4.78, 5) is 38.3. The monoisotopic (exact) mass is 452 g/mol. The number of carbonyl (C=O) groups excluding carboxylic acids is 1. The highest BCUT2D eigenvalue weighted by Gasteiger charge is 2.46. The van der Waals surface area contributed by atoms with Crippen LogP contribution in [0.4, 0.5) is 0 Å². The van der Waals surface area contributed by atoms with Crippen LogP contribution in [0.2, 0.25) is 0 Å². The van der Waals surface area contributed by atoms with Gasteiger partial charge in [0.05, 0.1) is 6.04 Å². The average Bonchev–Trinajstić information content (AvgIpc) is 2.75. The topological polar surface area (TPSA) is 107 Å². The minimum absolute atomic E-state index is 0.125. The van der Waals surface area contributed by atoms with Gasteiger partial charge >= 0.3 is 11.9 Å². The highest BCUT2D eigenvalue weighted by Crippen LogP contribution is 2.40. The molecule has 164 valence electrons. The SMILES string of the molecule is C[C@H](NC(CCc1ccccc1)C(=O)O)C(=O)N1CCC2SCCSC2C1C(=O)O. The second-order valence-electron chi connectivity index (χ2n) is 7.65. The van der Waals surface area contributed by atoms with E-state index in [0.717, 1.165) is 23.5 Å². The van der Waals surface area contributed by atoms with Crippen molar-refractivity contribution in [1.29, 1.82) is 0 Å². The van der Waals surface area contributed by atoms with Gasteiger partial charge in [0.1, 0.15) is 12.1 Å². The molecular weight excluding hydrogens is 424 g/mol. The molecule has 2 saturated heterocycles. The Balaban J connectivity index is 1.65. The Kier molecular flexibility index (Phi) is 8.07. The van der Waals surface area contributed by atoms with E-state index in [-0.39, 0.29) is 16.4 Å². The Morgan fingerprint density at radius 3 is 2.53 bits per heavy atom. The van der Waals surface area contributed by atoms with E-state index in [1.165, 1.54) is 4.90 Å². The Labute approximate surface area is 185 Å². The zero-order chi connectivity index (χ0) is 21.7. The molecule has 0 aromatic heterocycles. The summed E-state index contributed by atoms with van der Waals surface area (Å²) in [6, 6.07) is 7.06. The number of carboxylic acids is 2. The summed E-state index contributed by atoms with van der Waals surface area (Å²) < 4.78 is 0. The predicted octanol–water partition coefficient (Wildman–Crippen LogP) is 1.95. The molecule has 2 aliphatic heterocycles. The van der Waals surface area contributed by atoms with E-state index < -0.39 is 30.1 Å². The maximum absolute atomic E-state index is 13.1. The number of benzene rings is 1. The molecule has 0 radical (unpaired) electrons. The number of likely N-dealkylation sites (tertiary alicyclic amines) is 1. The van der Waals surface area contributed by atoms with Gasteiger partial charge in [-0.05, 0) is 31.7 Å². The maximum atomic E-state index is 13.1. The largest absolute Gasteiger partial charge is 0.480 e. The van der Waals surface area contributed by atoms with E-state index in [4.69, 9.17) is 0 Å². The molecule has 1 aromatic carbocycles. The molecule has 0 saturated carbocycles. The number of aliphatic carboxylic acids is 2. The van der Waals surface area contributed by atoms with Crippen LogP contribution in [0.15, 0.2) is 30.3 Å². The molecular formula is C21H28N2O5S2. The number of amides is 1. The lowest BCUT2D eigenvalue weighted by Gasteiger charge is -2.45. The van der Waals surface area contributed by atoms with Crippen molar-refractivity contribution in [2.75, 3.05) is 18.1 Å². The summed E-state index contributed by atoms with van der Waals surface area (Å²) in [6.45, 7) is 2.01. The summed E-state index contributed by atoms with van der Waals surface area (Å²) in [6.07, 6.45) is 1.68. The first-order valence-electron chi connectivity index (χ1n) is 10.2. The van der Waals surface area contributed by atoms with Crippen LogP contribution >= 0.6 is 23.5 Å². The highest BCUT2D eigenvalue weighted by atomic mass is 32.2. The highest BCUT2D eigenvalue weighted by molar-refractivity contribution is 8.07. The first-order valence-corrected chi connectivity index (χ1v) is 12.3. The average molecular weight is 453 g/mol. The van der Waals surface area contributed by atoms with Crippen molar-refractivity contribution in [2.24, 2.45) is 0 Å². The van der Waals surface area contributed by atoms with Crippen LogP contribution < -0.4 is 5.32 Å². The van der Waals surface area contributed by atoms with Crippen LogP contribution in [0.3, 0.4) is 0 Å². The standard InChI is InChI=1S/C21H28N2O5S2/c1-13(22-15(20(25)26)8-7-14-5-3-2-4-6-14)19(24)23-10-9-16-18(17(23)21(27)28)30-12-11-29-16/h2-6,13,15-18,22H,7-12H2,1H3,(H,25,26)(H,27,28)/t13-,15?,16?,17?,18?/m0/s1. The van der Waals surface area contributed by atoms with Crippen LogP contribution in [-0.4, -0.2) is 79.6 Å². The van der Waals surface area contributed by atoms with Crippen LogP contribution in [-0.2, 0) is 20.8 Å². The summed E-state index contributed by atoms with van der Waals surface area (Å²) >= 11 is 3.42. The minimum Gasteiger partial charge on any atom is -0.480 e. The van der Waals surface area contributed by atoms with Crippen molar-refractivity contribution in [1.82, 2.24) is 10.2 Å². The molecule has 30 heavy (non-hydrogen) atoms. The normalized spacial score (nSPS) is 25.8. The fraction of sp³-hybridized carbons (Fsp3) is 0.571. The molecule has 0 spiro atoms. The Bertz CT molecular complexity index is 763. The van der Waals surface area contributed by atoms with Gasteiger partial charge in [-0.1, -0.05) is 30.3 Å². The van der Waals surface area contributed by atoms with Crippen LogP contribution in [0.1, 0.15) is 25.3 Å². The van der Waals surface area contributed by atoms with Crippen molar-refractivity contribution in [3.8, 4) is 0 Å². The van der Waals surface area contributed by atoms with Gasteiger partial charge in [-0.15, -0.1) is 0 Å². The number of piperidine rings is 1. The summed E-state index contributed by atoms with van der Waals surface area (Å²) in [5, 5.41) is 22.5. The van der Waals surface area contributed by atoms with E-state index in [9.17, 15) is 24.6 Å². The van der Waals surface area contributed by atoms with Gasteiger partial charge in [0, 0.05) is 28.6 Å². The number of nitrogens with zero attached hydrogens (tertiary/aromatic N) is 1. The number of hydrogen-bond donors (Lipinski definition) is 3. The lowest BCUT2D eigenvalue weighted by molar-refractivity contribution is -0.152. The minimum atomic E-state index is -1.02. The quantitative estimate of drug-likeness (QED) is 0.550. The smallest absolute Gasteiger partial charge is 0.327 e. The molecule has 3 N–H and O–H groups in total. The fourth-order valence-electron chi connectivity index (χ4n) is 4.09. The van der Waals surface area contributed by atoms with Crippen molar-refractivity contribution in [3.63, 3.8) is 0 Å². The van der Waals surface area contributed by atoms with Crippen LogP contribution in [0.5, 0.6) is 0 Å². The zero-order valence-corrected chi connectivity index (χ0v) is 18.5. The van der Waals surface area contributed by atoms with E-state index in [0.29, 0.717) is 19.4 Å². The molecule has 1 aromatic rings. The second kappa shape index (κ2) is 10.5. The number of rotatable bonds is 8. The number of hydrogen-bond acceptors (Lipinski definition) is 6. The first-order chi connectivity index (χ1) is 14.4. The number of nitrogens with one attached hydrogen (secondary N) is 1. The van der Waals surface area contributed by atoms with E-state index in [1.807, 2.05) is 30.3 Å². The molecule has 0 bridgehead atoms. The van der Waals surface area contributed by atoms with Crippen molar-refractivity contribution in [2.45, 2.75) is 54.8 Å². The second-order valence-corrected chi connectivity index (χ2v) is 10.3. The van der Waals surface area contributed by atoms with Gasteiger partial charge in [-0.2, -0.15) is 23.5 Å². The van der Waals surface area contributed by atoms with E-state index in [1.54, 1.807) is 30.4 Å². The third-order valence-corrected chi connectivity index (χ3v) is 8.85. The molecule has 2 heterocycles. The van der Waals surface area contributed by atoms with Gasteiger partial charge in [-0.25, -0.2) is 4.79 Å². The predicted molar refractivity (Wildman–Crippen MR) is 119 cm³/mol. The van der Waals surface area contributed by atoms with Gasteiger partial charge < -0.3 is 15.1 Å². The van der Waals surface area contributed by atoms with Crippen molar-refractivity contribution >= 4 is 41.4 Å². The first kappa shape index (κ1) is 23.0. The van der Waals surface area contributed by atoms with Gasteiger partial charge in [0.25, 0.3) is 0 Å². The van der Waals surface area contributed by atoms with Gasteiger partial charge in [0.2, 0.25) is 5.91 Å². The maximum Gasteiger partial charge on any atom is 0.327 e. The van der Waals surface area contributed by atoms with Gasteiger partial charge in [0.15, 0.2) is 0 Å². The number of fused-ring (bicyclic) bond motifs is 1. The summed E-state index contributed by atoms with van der Waals surface area (Å²) in [5.41, 5.74) is 1.03. The molecule has 7 nitrogen and oxygen atoms in total. The molecule has 4 unspecified atom stereocenters. The van der Waals surface area contributed by atoms with Gasteiger partial charge in [-0.3, -0.25) is 14.9 Å². The number of carbonyl (C=O) groups is 3. The number of aryl methyl sites for hydroxylation is 1. The third kappa shape index (κ3) is 5.50. The lowest BCUT2D eigenvalue weighted by Crippen LogP contribution is -2.62. The van der Waals surface area contributed by atoms with E-state index in [2.05, 4.69) is 5.32 Å². The molecule has 9 heteroatoms. The molecule has 0 aliphatic carbocycles. The Hall–Kier alpha value is -1.71. The summed E-state index contributed by atoms with van der Waals surface area (Å²) in [5.74, 6) is -0.460. The molecule has 2 fully saturated rings. The molecule has 5 atom stereocenters. The van der Waals surface area contributed by atoms with Crippen molar-refractivity contribution < 1.29 is 24.6 Å². The zero-order valence-electron chi connectivity index (χ0n) is 16.9. The van der Waals surface area contributed by atoms with Crippen LogP contribution in [0.25, 0.3) is 0 Å². The van der Waals surface area contributed by atoms with E-state index >= 15 is 0 Å². The number of thioether (sulfide) groups is 2. The number of carboxylic acid groups (broad SMARTS) is 2. The lowest BCUT2D eigenvalue weighted by atomic mass is 9.99. The molecule has 3 rings (SSSR count). The van der Waals surface area contributed by atoms with Crippen LogP contribution in [0, 0.1) is 0 Å². The molecule has 1 amide bonds. The Morgan fingerprint density at radius 1 is 1.17 bits per heavy atom. The van der Waals surface area contributed by atoms with Crippen molar-refractivity contribution in [3.05, 3.63) is 35.9 Å². The molecule has 2 aliphatic rings. The fourth-order valence-corrected chi connectivity index (χ4v) is 7.31. The summed E-state index contributed by atoms with van der Waals surface area (Å²) in [7, 11) is 0.